The van der Waals surface area contributed by atoms with Crippen molar-refractivity contribution in [2.75, 3.05) is 30.9 Å². The van der Waals surface area contributed by atoms with Crippen LogP contribution in [0, 0.1) is 0 Å². The fourth-order valence-electron chi connectivity index (χ4n) is 2.29. The Morgan fingerprint density at radius 1 is 1.22 bits per heavy atom. The lowest BCUT2D eigenvalue weighted by Gasteiger charge is -2.25. The summed E-state index contributed by atoms with van der Waals surface area (Å²) in [6, 6.07) is 0.454. The fourth-order valence-corrected chi connectivity index (χ4v) is 2.29. The van der Waals surface area contributed by atoms with Crippen LogP contribution in [0.4, 0.5) is 11.6 Å². The Hall–Kier alpha value is -1.36. The molecular formula is C13H22N4O. The Labute approximate surface area is 108 Å². The predicted octanol–water partition coefficient (Wildman–Crippen LogP) is 2.23. The SMILES string of the molecule is CNc1ncnc(NC2CCOCC2)c1C(C)C. The van der Waals surface area contributed by atoms with Gasteiger partial charge in [-0.05, 0) is 18.8 Å². The van der Waals surface area contributed by atoms with Gasteiger partial charge in [0.25, 0.3) is 0 Å². The Balaban J connectivity index is 2.20. The molecule has 18 heavy (non-hydrogen) atoms. The van der Waals surface area contributed by atoms with E-state index < -0.39 is 0 Å². The van der Waals surface area contributed by atoms with E-state index in [0.717, 1.165) is 43.3 Å². The second kappa shape index (κ2) is 6.00. The van der Waals surface area contributed by atoms with Crippen molar-refractivity contribution in [3.8, 4) is 0 Å². The molecule has 5 nitrogen and oxygen atoms in total. The molecule has 0 saturated carbocycles. The number of nitrogens with one attached hydrogen (secondary N) is 2. The van der Waals surface area contributed by atoms with Crippen LogP contribution in [-0.2, 0) is 4.74 Å². The first kappa shape index (κ1) is 13.1. The van der Waals surface area contributed by atoms with Gasteiger partial charge in [0, 0.05) is 31.9 Å². The molecule has 0 radical (unpaired) electrons. The topological polar surface area (TPSA) is 59.1 Å². The molecule has 0 aromatic carbocycles. The zero-order valence-electron chi connectivity index (χ0n) is 11.4. The molecular weight excluding hydrogens is 228 g/mol. The molecule has 1 aliphatic rings. The van der Waals surface area contributed by atoms with Crippen molar-refractivity contribution < 1.29 is 4.74 Å². The summed E-state index contributed by atoms with van der Waals surface area (Å²) in [5.74, 6) is 2.25. The van der Waals surface area contributed by atoms with E-state index in [9.17, 15) is 0 Å². The van der Waals surface area contributed by atoms with Crippen LogP contribution in [0.3, 0.4) is 0 Å². The van der Waals surface area contributed by atoms with Gasteiger partial charge in [0.1, 0.15) is 18.0 Å². The van der Waals surface area contributed by atoms with E-state index in [-0.39, 0.29) is 0 Å². The Morgan fingerprint density at radius 3 is 2.50 bits per heavy atom. The maximum Gasteiger partial charge on any atom is 0.135 e. The van der Waals surface area contributed by atoms with Gasteiger partial charge in [0.15, 0.2) is 0 Å². The number of rotatable bonds is 4. The third kappa shape index (κ3) is 2.90. The van der Waals surface area contributed by atoms with Crippen molar-refractivity contribution in [1.29, 1.82) is 0 Å². The summed E-state index contributed by atoms with van der Waals surface area (Å²) in [4.78, 5) is 8.68. The molecule has 1 aromatic rings. The zero-order valence-corrected chi connectivity index (χ0v) is 11.4. The number of nitrogens with zero attached hydrogens (tertiary/aromatic N) is 2. The van der Waals surface area contributed by atoms with Gasteiger partial charge in [-0.1, -0.05) is 13.8 Å². The van der Waals surface area contributed by atoms with Crippen LogP contribution in [0.25, 0.3) is 0 Å². The second-order valence-corrected chi connectivity index (χ2v) is 4.92. The number of aromatic nitrogens is 2. The van der Waals surface area contributed by atoms with Gasteiger partial charge in [-0.25, -0.2) is 9.97 Å². The first-order valence-corrected chi connectivity index (χ1v) is 6.59. The molecule has 5 heteroatoms. The number of hydrogen-bond acceptors (Lipinski definition) is 5. The summed E-state index contributed by atoms with van der Waals surface area (Å²) in [5, 5.41) is 6.67. The molecule has 2 N–H and O–H groups in total. The minimum atomic E-state index is 0.385. The molecule has 1 aliphatic heterocycles. The van der Waals surface area contributed by atoms with Crippen LogP contribution in [0.2, 0.25) is 0 Å². The lowest BCUT2D eigenvalue weighted by molar-refractivity contribution is 0.0903. The monoisotopic (exact) mass is 250 g/mol. The largest absolute Gasteiger partial charge is 0.381 e. The first-order valence-electron chi connectivity index (χ1n) is 6.59. The van der Waals surface area contributed by atoms with Crippen LogP contribution < -0.4 is 10.6 Å². The smallest absolute Gasteiger partial charge is 0.135 e. The lowest BCUT2D eigenvalue weighted by Crippen LogP contribution is -2.29. The predicted molar refractivity (Wildman–Crippen MR) is 73.1 cm³/mol. The Morgan fingerprint density at radius 2 is 1.89 bits per heavy atom. The van der Waals surface area contributed by atoms with Crippen molar-refractivity contribution >= 4 is 11.6 Å². The van der Waals surface area contributed by atoms with Gasteiger partial charge in [-0.3, -0.25) is 0 Å². The second-order valence-electron chi connectivity index (χ2n) is 4.92. The van der Waals surface area contributed by atoms with Crippen LogP contribution in [0.1, 0.15) is 38.2 Å². The first-order chi connectivity index (χ1) is 8.72. The molecule has 0 unspecified atom stereocenters. The maximum absolute atomic E-state index is 5.37. The van der Waals surface area contributed by atoms with E-state index in [2.05, 4.69) is 34.4 Å². The highest BCUT2D eigenvalue weighted by Crippen LogP contribution is 2.29. The summed E-state index contributed by atoms with van der Waals surface area (Å²) in [6.45, 7) is 5.99. The van der Waals surface area contributed by atoms with E-state index in [1.165, 1.54) is 0 Å². The summed E-state index contributed by atoms with van der Waals surface area (Å²) < 4.78 is 5.37. The van der Waals surface area contributed by atoms with Crippen molar-refractivity contribution in [3.05, 3.63) is 11.9 Å². The highest BCUT2D eigenvalue weighted by molar-refractivity contribution is 5.59. The standard InChI is InChI=1S/C13H22N4O/c1-9(2)11-12(14-3)15-8-16-13(11)17-10-4-6-18-7-5-10/h8-10H,4-7H2,1-3H3,(H2,14,15,16,17). The van der Waals surface area contributed by atoms with Crippen molar-refractivity contribution in [1.82, 2.24) is 9.97 Å². The van der Waals surface area contributed by atoms with Gasteiger partial charge in [0.05, 0.1) is 0 Å². The number of hydrogen-bond donors (Lipinski definition) is 2. The summed E-state index contributed by atoms with van der Waals surface area (Å²) >= 11 is 0. The lowest BCUT2D eigenvalue weighted by atomic mass is 10.0. The van der Waals surface area contributed by atoms with E-state index in [1.807, 2.05) is 7.05 Å². The van der Waals surface area contributed by atoms with Crippen molar-refractivity contribution in [2.45, 2.75) is 38.6 Å². The molecule has 0 aliphatic carbocycles. The molecule has 100 valence electrons. The third-order valence-corrected chi connectivity index (χ3v) is 3.26. The van der Waals surface area contributed by atoms with Crippen LogP contribution in [-0.4, -0.2) is 36.3 Å². The summed E-state index contributed by atoms with van der Waals surface area (Å²) in [7, 11) is 1.90. The molecule has 1 saturated heterocycles. The van der Waals surface area contributed by atoms with E-state index in [4.69, 9.17) is 4.74 Å². The molecule has 0 atom stereocenters. The van der Waals surface area contributed by atoms with Gasteiger partial charge in [0.2, 0.25) is 0 Å². The van der Waals surface area contributed by atoms with E-state index in [1.54, 1.807) is 6.33 Å². The Bertz CT molecular complexity index is 389. The average molecular weight is 250 g/mol. The third-order valence-electron chi connectivity index (χ3n) is 3.26. The van der Waals surface area contributed by atoms with E-state index in [0.29, 0.717) is 12.0 Å². The van der Waals surface area contributed by atoms with Crippen LogP contribution >= 0.6 is 0 Å². The van der Waals surface area contributed by atoms with E-state index >= 15 is 0 Å². The van der Waals surface area contributed by atoms with Gasteiger partial charge >= 0.3 is 0 Å². The minimum absolute atomic E-state index is 0.385. The summed E-state index contributed by atoms with van der Waals surface area (Å²) in [5.41, 5.74) is 1.16. The Kier molecular flexibility index (Phi) is 4.36. The highest BCUT2D eigenvalue weighted by Gasteiger charge is 2.19. The van der Waals surface area contributed by atoms with Crippen LogP contribution in [0.15, 0.2) is 6.33 Å². The number of ether oxygens (including phenoxy) is 1. The molecule has 1 fully saturated rings. The quantitative estimate of drug-likeness (QED) is 0.858. The summed E-state index contributed by atoms with van der Waals surface area (Å²) in [6.07, 6.45) is 3.69. The van der Waals surface area contributed by atoms with Crippen molar-refractivity contribution in [2.24, 2.45) is 0 Å². The van der Waals surface area contributed by atoms with Gasteiger partial charge in [-0.2, -0.15) is 0 Å². The highest BCUT2D eigenvalue weighted by atomic mass is 16.5. The fraction of sp³-hybridized carbons (Fsp3) is 0.692. The zero-order chi connectivity index (χ0) is 13.0. The van der Waals surface area contributed by atoms with Gasteiger partial charge in [-0.15, -0.1) is 0 Å². The molecule has 2 rings (SSSR count). The molecule has 2 heterocycles. The molecule has 0 amide bonds. The minimum Gasteiger partial charge on any atom is -0.381 e. The molecule has 0 spiro atoms. The molecule has 0 bridgehead atoms. The average Bonchev–Trinajstić information content (AvgIpc) is 2.39. The number of anilines is 2. The maximum atomic E-state index is 5.37. The molecule has 1 aromatic heterocycles. The normalized spacial score (nSPS) is 16.9. The van der Waals surface area contributed by atoms with Crippen molar-refractivity contribution in [3.63, 3.8) is 0 Å². The van der Waals surface area contributed by atoms with Crippen LogP contribution in [0.5, 0.6) is 0 Å². The van der Waals surface area contributed by atoms with Gasteiger partial charge < -0.3 is 15.4 Å².